The Morgan fingerprint density at radius 1 is 0.407 bits per heavy atom. The number of esters is 1. The maximum atomic E-state index is 11.8. The van der Waals surface area contributed by atoms with E-state index >= 15 is 0 Å². The highest BCUT2D eigenvalue weighted by Crippen LogP contribution is 2.11. The molecule has 0 unspecified atom stereocenters. The number of amides is 1. The molecule has 0 aliphatic rings. The summed E-state index contributed by atoms with van der Waals surface area (Å²) in [5.74, 6) is -0.141. The molecule has 1 N–H and O–H groups in total. The van der Waals surface area contributed by atoms with Crippen molar-refractivity contribution >= 4 is 12.1 Å². The number of carbonyl (C=O) groups excluding carboxylic acids is 2. The summed E-state index contributed by atoms with van der Waals surface area (Å²) in [6, 6.07) is 0. The number of hydrogen-bond acceptors (Lipinski definition) is 14. The lowest BCUT2D eigenvalue weighted by atomic mass is 10.1. The van der Waals surface area contributed by atoms with Gasteiger partial charge in [-0.05, 0) is 27.2 Å². The van der Waals surface area contributed by atoms with Crippen LogP contribution in [0.5, 0.6) is 0 Å². The van der Waals surface area contributed by atoms with Gasteiger partial charge in [0.05, 0.1) is 132 Å². The van der Waals surface area contributed by atoms with E-state index in [9.17, 15) is 9.59 Å². The number of unbranched alkanes of at least 4 members (excludes halogenated alkanes) is 8. The molecule has 15 heteroatoms. The van der Waals surface area contributed by atoms with Gasteiger partial charge >= 0.3 is 12.1 Å². The summed E-state index contributed by atoms with van der Waals surface area (Å²) in [6.45, 7) is 17.7. The predicted molar refractivity (Wildman–Crippen MR) is 205 cm³/mol. The molecule has 0 atom stereocenters. The van der Waals surface area contributed by atoms with Gasteiger partial charge in [0.2, 0.25) is 0 Å². The Labute approximate surface area is 326 Å². The van der Waals surface area contributed by atoms with Crippen molar-refractivity contribution < 1.29 is 66.4 Å². The molecule has 0 rings (SSSR count). The second kappa shape index (κ2) is 42.5. The number of nitrogens with one attached hydrogen (secondary N) is 1. The largest absolute Gasteiger partial charge is 0.463 e. The van der Waals surface area contributed by atoms with E-state index in [1.165, 1.54) is 44.9 Å². The van der Waals surface area contributed by atoms with E-state index < -0.39 is 11.7 Å². The Kier molecular flexibility index (Phi) is 41.2. The minimum atomic E-state index is -0.514. The summed E-state index contributed by atoms with van der Waals surface area (Å²) in [7, 11) is 0. The Bertz CT molecular complexity index is 787. The third-order valence-electron chi connectivity index (χ3n) is 7.24. The average molecular weight is 784 g/mol. The normalized spacial score (nSPS) is 11.6. The first-order valence-corrected chi connectivity index (χ1v) is 20.2. The summed E-state index contributed by atoms with van der Waals surface area (Å²) >= 11 is 0. The Morgan fingerprint density at radius 3 is 1.04 bits per heavy atom. The molecule has 0 saturated heterocycles. The van der Waals surface area contributed by atoms with Gasteiger partial charge in [0.25, 0.3) is 0 Å². The van der Waals surface area contributed by atoms with E-state index in [0.29, 0.717) is 145 Å². The summed E-state index contributed by atoms with van der Waals surface area (Å²) in [6.07, 6.45) is 11.1. The van der Waals surface area contributed by atoms with Crippen molar-refractivity contribution in [3.63, 3.8) is 0 Å². The first-order valence-electron chi connectivity index (χ1n) is 20.2. The van der Waals surface area contributed by atoms with E-state index in [0.717, 1.165) is 12.8 Å². The van der Waals surface area contributed by atoms with E-state index in [4.69, 9.17) is 56.8 Å². The molecule has 0 fully saturated rings. The Balaban J connectivity index is 3.14. The zero-order valence-corrected chi connectivity index (χ0v) is 34.3. The second-order valence-electron chi connectivity index (χ2n) is 13.4. The van der Waals surface area contributed by atoms with Crippen LogP contribution in [0.1, 0.15) is 91.9 Å². The first kappa shape index (κ1) is 52.3. The third kappa shape index (κ3) is 46.5. The van der Waals surface area contributed by atoms with E-state index in [1.54, 1.807) is 0 Å². The number of hydrogen-bond donors (Lipinski definition) is 1. The van der Waals surface area contributed by atoms with Crippen LogP contribution in [0.15, 0.2) is 0 Å². The first-order chi connectivity index (χ1) is 26.3. The minimum Gasteiger partial charge on any atom is -0.463 e. The molecule has 322 valence electrons. The van der Waals surface area contributed by atoms with Crippen LogP contribution in [-0.2, 0) is 61.6 Å². The van der Waals surface area contributed by atoms with Crippen molar-refractivity contribution in [1.29, 1.82) is 0 Å². The molecule has 0 aliphatic heterocycles. The molecule has 0 aromatic rings. The summed E-state index contributed by atoms with van der Waals surface area (Å²) in [5.41, 5.74) is -0.514. The zero-order valence-electron chi connectivity index (χ0n) is 34.3. The fourth-order valence-corrected chi connectivity index (χ4v) is 4.49. The van der Waals surface area contributed by atoms with Crippen LogP contribution in [0.3, 0.4) is 0 Å². The van der Waals surface area contributed by atoms with Gasteiger partial charge in [-0.1, -0.05) is 58.3 Å². The monoisotopic (exact) mass is 784 g/mol. The molecule has 0 saturated carbocycles. The van der Waals surface area contributed by atoms with Gasteiger partial charge in [-0.2, -0.15) is 0 Å². The SMILES string of the molecule is CCCCCCCCCCCC(=O)OCCOCCOCCOCCOCCOCCOCCOCCOCCOCCOCCNC(=O)OC(C)(C)C. The van der Waals surface area contributed by atoms with Crippen molar-refractivity contribution in [2.24, 2.45) is 0 Å². The van der Waals surface area contributed by atoms with Crippen LogP contribution in [0.2, 0.25) is 0 Å². The van der Waals surface area contributed by atoms with Gasteiger partial charge in [0.15, 0.2) is 0 Å². The van der Waals surface area contributed by atoms with Crippen molar-refractivity contribution in [2.75, 3.05) is 145 Å². The lowest BCUT2D eigenvalue weighted by molar-refractivity contribution is -0.145. The number of carbonyl (C=O) groups is 2. The minimum absolute atomic E-state index is 0.141. The van der Waals surface area contributed by atoms with Crippen molar-refractivity contribution in [3.8, 4) is 0 Å². The quantitative estimate of drug-likeness (QED) is 0.0641. The Morgan fingerprint density at radius 2 is 0.704 bits per heavy atom. The number of alkyl carbamates (subject to hydrolysis) is 1. The zero-order chi connectivity index (χ0) is 39.5. The van der Waals surface area contributed by atoms with E-state index in [1.807, 2.05) is 20.8 Å². The highest BCUT2D eigenvalue weighted by molar-refractivity contribution is 5.69. The molecule has 0 bridgehead atoms. The molecule has 1 amide bonds. The standard InChI is InChI=1S/C39H77NO14/c1-5-6-7-8-9-10-11-12-13-14-37(41)53-36-35-52-34-33-51-32-31-50-30-29-49-28-27-48-26-25-47-24-23-46-22-21-45-20-19-44-18-17-43-16-15-40-38(42)54-39(2,3)4/h5-36H2,1-4H3,(H,40,42). The van der Waals surface area contributed by atoms with Crippen LogP contribution >= 0.6 is 0 Å². The second-order valence-corrected chi connectivity index (χ2v) is 13.4. The van der Waals surface area contributed by atoms with Crippen LogP contribution in [0.25, 0.3) is 0 Å². The smallest absolute Gasteiger partial charge is 0.407 e. The number of ether oxygens (including phenoxy) is 12. The molecular weight excluding hydrogens is 706 g/mol. The Hall–Kier alpha value is -1.66. The highest BCUT2D eigenvalue weighted by Gasteiger charge is 2.15. The molecule has 0 aliphatic carbocycles. The van der Waals surface area contributed by atoms with Crippen LogP contribution < -0.4 is 5.32 Å². The molecular formula is C39H77NO14. The summed E-state index contributed by atoms with van der Waals surface area (Å²) < 4.78 is 65.0. The van der Waals surface area contributed by atoms with Gasteiger partial charge in [-0.25, -0.2) is 4.79 Å². The lowest BCUT2D eigenvalue weighted by Gasteiger charge is -2.19. The predicted octanol–water partition coefficient (Wildman–Crippen LogP) is 5.14. The van der Waals surface area contributed by atoms with Crippen LogP contribution in [0, 0.1) is 0 Å². The molecule has 0 aromatic carbocycles. The fraction of sp³-hybridized carbons (Fsp3) is 0.949. The molecule has 54 heavy (non-hydrogen) atoms. The third-order valence-corrected chi connectivity index (χ3v) is 7.24. The maximum absolute atomic E-state index is 11.8. The van der Waals surface area contributed by atoms with E-state index in [2.05, 4.69) is 12.2 Å². The maximum Gasteiger partial charge on any atom is 0.407 e. The number of rotatable bonds is 43. The molecule has 15 nitrogen and oxygen atoms in total. The molecule has 0 aromatic heterocycles. The van der Waals surface area contributed by atoms with Crippen LogP contribution in [0.4, 0.5) is 4.79 Å². The van der Waals surface area contributed by atoms with Gasteiger partial charge in [-0.15, -0.1) is 0 Å². The lowest BCUT2D eigenvalue weighted by Crippen LogP contribution is -2.34. The summed E-state index contributed by atoms with van der Waals surface area (Å²) in [4.78, 5) is 23.3. The molecule has 0 heterocycles. The summed E-state index contributed by atoms with van der Waals surface area (Å²) in [5, 5.41) is 2.63. The highest BCUT2D eigenvalue weighted by atomic mass is 16.6. The average Bonchev–Trinajstić information content (AvgIpc) is 3.13. The molecule has 0 radical (unpaired) electrons. The van der Waals surface area contributed by atoms with Gasteiger partial charge in [0.1, 0.15) is 12.2 Å². The van der Waals surface area contributed by atoms with E-state index in [-0.39, 0.29) is 12.6 Å². The van der Waals surface area contributed by atoms with Crippen molar-refractivity contribution in [2.45, 2.75) is 97.5 Å². The van der Waals surface area contributed by atoms with Crippen molar-refractivity contribution in [3.05, 3.63) is 0 Å². The molecule has 0 spiro atoms. The van der Waals surface area contributed by atoms with Crippen molar-refractivity contribution in [1.82, 2.24) is 5.32 Å². The topological polar surface area (TPSA) is 157 Å². The van der Waals surface area contributed by atoms with Gasteiger partial charge < -0.3 is 62.2 Å². The van der Waals surface area contributed by atoms with Crippen LogP contribution in [-0.4, -0.2) is 163 Å². The fourth-order valence-electron chi connectivity index (χ4n) is 4.49. The van der Waals surface area contributed by atoms with Gasteiger partial charge in [-0.3, -0.25) is 4.79 Å². The van der Waals surface area contributed by atoms with Gasteiger partial charge in [0, 0.05) is 13.0 Å².